The Labute approximate surface area is 176 Å². The lowest BCUT2D eigenvalue weighted by Gasteiger charge is -2.17. The first kappa shape index (κ1) is 21.5. The van der Waals surface area contributed by atoms with Crippen molar-refractivity contribution >= 4 is 36.5 Å². The fourth-order valence-electron chi connectivity index (χ4n) is 2.94. The molecule has 0 aliphatic rings. The van der Waals surface area contributed by atoms with E-state index in [1.54, 1.807) is 17.8 Å². The highest BCUT2D eigenvalue weighted by molar-refractivity contribution is 6.76. The Morgan fingerprint density at radius 3 is 2.76 bits per heavy atom. The summed E-state index contributed by atoms with van der Waals surface area (Å²) in [4.78, 5) is 11.8. The molecule has 0 N–H and O–H groups in total. The highest BCUT2D eigenvalue weighted by Gasteiger charge is 2.16. The van der Waals surface area contributed by atoms with E-state index in [1.807, 2.05) is 18.2 Å². The maximum atomic E-state index is 11.8. The Balaban J connectivity index is 1.82. The second kappa shape index (κ2) is 9.11. The molecule has 0 saturated carbocycles. The van der Waals surface area contributed by atoms with Gasteiger partial charge in [0.2, 0.25) is 0 Å². The van der Waals surface area contributed by atoms with Crippen LogP contribution in [0, 0.1) is 0 Å². The zero-order valence-corrected chi connectivity index (χ0v) is 19.1. The van der Waals surface area contributed by atoms with Gasteiger partial charge in [0, 0.05) is 30.8 Å². The van der Waals surface area contributed by atoms with Gasteiger partial charge < -0.3 is 14.0 Å². The van der Waals surface area contributed by atoms with Gasteiger partial charge in [0.25, 0.3) is 0 Å². The van der Waals surface area contributed by atoms with Gasteiger partial charge >= 0.3 is 5.97 Å². The third-order valence-corrected chi connectivity index (χ3v) is 6.46. The van der Waals surface area contributed by atoms with Crippen LogP contribution in [0.4, 0.5) is 0 Å². The van der Waals surface area contributed by atoms with E-state index in [-0.39, 0.29) is 5.69 Å². The molecule has 1 aromatic carbocycles. The Morgan fingerprint density at radius 2 is 2.03 bits per heavy atom. The van der Waals surface area contributed by atoms with E-state index in [1.165, 1.54) is 0 Å². The lowest BCUT2D eigenvalue weighted by molar-refractivity contribution is 0.0519. The monoisotopic (exact) mass is 434 g/mol. The van der Waals surface area contributed by atoms with Gasteiger partial charge in [0.15, 0.2) is 5.69 Å². The smallest absolute Gasteiger partial charge is 0.360 e. The predicted octanol–water partition coefficient (Wildman–Crippen LogP) is 4.42. The molecule has 29 heavy (non-hydrogen) atoms. The van der Waals surface area contributed by atoms with Crippen molar-refractivity contribution in [1.29, 1.82) is 0 Å². The molecule has 3 rings (SSSR count). The van der Waals surface area contributed by atoms with Crippen LogP contribution in [-0.2, 0) is 22.7 Å². The third kappa shape index (κ3) is 5.68. The molecule has 2 aromatic heterocycles. The number of benzene rings is 1. The van der Waals surface area contributed by atoms with E-state index in [0.29, 0.717) is 24.9 Å². The summed E-state index contributed by atoms with van der Waals surface area (Å²) in [6.07, 6.45) is 1.60. The number of esters is 1. The van der Waals surface area contributed by atoms with Crippen LogP contribution in [0.2, 0.25) is 30.7 Å². The minimum absolute atomic E-state index is 0.198. The van der Waals surface area contributed by atoms with Crippen molar-refractivity contribution < 1.29 is 14.3 Å². The van der Waals surface area contributed by atoms with Crippen molar-refractivity contribution in [3.05, 3.63) is 46.9 Å². The van der Waals surface area contributed by atoms with Crippen LogP contribution in [0.25, 0.3) is 10.9 Å². The summed E-state index contributed by atoms with van der Waals surface area (Å²) in [5, 5.41) is 9.73. The SMILES string of the molecule is CCOC(=O)c1cn(Cc2cc3ccc(Cl)cc3n2COCC[Si](C)(C)C)nn1. The summed E-state index contributed by atoms with van der Waals surface area (Å²) in [5.74, 6) is -0.472. The molecule has 0 unspecified atom stereocenters. The standard InChI is InChI=1S/C20H27ClN4O3Si/c1-5-28-20(26)18-13-24(23-22-18)12-17-10-15-6-7-16(21)11-19(15)25(17)14-27-8-9-29(2,3)4/h6-7,10-11,13H,5,8-9,12,14H2,1-4H3. The third-order valence-electron chi connectivity index (χ3n) is 4.52. The molecule has 0 fully saturated rings. The number of carbonyl (C=O) groups is 1. The van der Waals surface area contributed by atoms with Gasteiger partial charge in [-0.2, -0.15) is 0 Å². The zero-order chi connectivity index (χ0) is 21.0. The lowest BCUT2D eigenvalue weighted by Crippen LogP contribution is -2.22. The van der Waals surface area contributed by atoms with Crippen LogP contribution in [0.1, 0.15) is 23.1 Å². The highest BCUT2D eigenvalue weighted by Crippen LogP contribution is 2.24. The molecule has 0 spiro atoms. The predicted molar refractivity (Wildman–Crippen MR) is 116 cm³/mol. The minimum atomic E-state index is -1.15. The fourth-order valence-corrected chi connectivity index (χ4v) is 3.87. The van der Waals surface area contributed by atoms with Gasteiger partial charge in [0.1, 0.15) is 6.73 Å². The van der Waals surface area contributed by atoms with Gasteiger partial charge in [-0.15, -0.1) is 5.10 Å². The van der Waals surface area contributed by atoms with Crippen molar-refractivity contribution in [3.63, 3.8) is 0 Å². The number of nitrogens with zero attached hydrogens (tertiary/aromatic N) is 4. The van der Waals surface area contributed by atoms with E-state index in [4.69, 9.17) is 21.1 Å². The molecule has 9 heteroatoms. The van der Waals surface area contributed by atoms with Crippen LogP contribution in [0.15, 0.2) is 30.5 Å². The summed E-state index contributed by atoms with van der Waals surface area (Å²) >= 11 is 6.22. The summed E-state index contributed by atoms with van der Waals surface area (Å²) in [5.41, 5.74) is 2.20. The highest BCUT2D eigenvalue weighted by atomic mass is 35.5. The van der Waals surface area contributed by atoms with Gasteiger partial charge in [-0.1, -0.05) is 42.5 Å². The summed E-state index contributed by atoms with van der Waals surface area (Å²) in [7, 11) is -1.15. The van der Waals surface area contributed by atoms with Crippen LogP contribution < -0.4 is 0 Å². The summed E-state index contributed by atoms with van der Waals surface area (Å²) < 4.78 is 14.7. The second-order valence-electron chi connectivity index (χ2n) is 8.14. The zero-order valence-electron chi connectivity index (χ0n) is 17.3. The van der Waals surface area contributed by atoms with Gasteiger partial charge in [-0.3, -0.25) is 0 Å². The molecule has 0 bridgehead atoms. The molecule has 0 radical (unpaired) electrons. The van der Waals surface area contributed by atoms with E-state index in [0.717, 1.165) is 29.2 Å². The molecule has 7 nitrogen and oxygen atoms in total. The number of rotatable bonds is 9. The van der Waals surface area contributed by atoms with Crippen molar-refractivity contribution in [2.75, 3.05) is 13.2 Å². The molecule has 2 heterocycles. The topological polar surface area (TPSA) is 71.2 Å². The number of ether oxygens (including phenoxy) is 2. The minimum Gasteiger partial charge on any atom is -0.461 e. The number of fused-ring (bicyclic) bond motifs is 1. The Hall–Kier alpha value is -2.16. The van der Waals surface area contributed by atoms with Crippen LogP contribution in [0.5, 0.6) is 0 Å². The van der Waals surface area contributed by atoms with Crippen LogP contribution >= 0.6 is 11.6 Å². The second-order valence-corrected chi connectivity index (χ2v) is 14.2. The largest absolute Gasteiger partial charge is 0.461 e. The van der Waals surface area contributed by atoms with Gasteiger partial charge in [-0.05, 0) is 31.2 Å². The van der Waals surface area contributed by atoms with E-state index in [2.05, 4.69) is 40.6 Å². The average molecular weight is 435 g/mol. The first-order chi connectivity index (χ1) is 13.8. The first-order valence-electron chi connectivity index (χ1n) is 9.69. The van der Waals surface area contributed by atoms with E-state index >= 15 is 0 Å². The molecule has 0 saturated heterocycles. The number of halogens is 1. The first-order valence-corrected chi connectivity index (χ1v) is 13.8. The van der Waals surface area contributed by atoms with Crippen molar-refractivity contribution in [2.24, 2.45) is 0 Å². The average Bonchev–Trinajstić information content (AvgIpc) is 3.23. The number of hydrogen-bond acceptors (Lipinski definition) is 5. The van der Waals surface area contributed by atoms with E-state index < -0.39 is 14.0 Å². The number of hydrogen-bond donors (Lipinski definition) is 0. The molecule has 0 aliphatic carbocycles. The summed E-state index contributed by atoms with van der Waals surface area (Å²) in [6, 6.07) is 8.99. The Morgan fingerprint density at radius 1 is 1.24 bits per heavy atom. The van der Waals surface area contributed by atoms with Gasteiger partial charge in [0.05, 0.1) is 24.9 Å². The molecular weight excluding hydrogens is 408 g/mol. The number of carbonyl (C=O) groups excluding carboxylic acids is 1. The molecule has 0 atom stereocenters. The van der Waals surface area contributed by atoms with Crippen molar-refractivity contribution in [3.8, 4) is 0 Å². The Bertz CT molecular complexity index is 993. The maximum Gasteiger partial charge on any atom is 0.360 e. The quantitative estimate of drug-likeness (QED) is 0.283. The maximum absolute atomic E-state index is 11.8. The fraction of sp³-hybridized carbons (Fsp3) is 0.450. The molecular formula is C20H27ClN4O3Si. The molecule has 0 amide bonds. The van der Waals surface area contributed by atoms with Gasteiger partial charge in [-0.25, -0.2) is 9.48 Å². The van der Waals surface area contributed by atoms with Crippen molar-refractivity contribution in [2.45, 2.75) is 45.9 Å². The molecule has 0 aliphatic heterocycles. The lowest BCUT2D eigenvalue weighted by atomic mass is 10.2. The number of aromatic nitrogens is 4. The van der Waals surface area contributed by atoms with Crippen molar-refractivity contribution in [1.82, 2.24) is 19.6 Å². The molecule has 3 aromatic rings. The summed E-state index contributed by atoms with van der Waals surface area (Å²) in [6.45, 7) is 10.7. The normalized spacial score (nSPS) is 11.9. The van der Waals surface area contributed by atoms with Crippen LogP contribution in [0.3, 0.4) is 0 Å². The van der Waals surface area contributed by atoms with E-state index in [9.17, 15) is 4.79 Å². The Kier molecular flexibility index (Phi) is 6.76. The van der Waals surface area contributed by atoms with Crippen LogP contribution in [-0.4, -0.2) is 46.8 Å². The molecule has 156 valence electrons.